The van der Waals surface area contributed by atoms with E-state index < -0.39 is 0 Å². The van der Waals surface area contributed by atoms with Gasteiger partial charge in [0.15, 0.2) is 0 Å². The number of pyridine rings is 1. The Labute approximate surface area is 128 Å². The van der Waals surface area contributed by atoms with Gasteiger partial charge in [0, 0.05) is 16.4 Å². The van der Waals surface area contributed by atoms with Crippen LogP contribution in [0.1, 0.15) is 0 Å². The van der Waals surface area contributed by atoms with Crippen molar-refractivity contribution in [2.24, 2.45) is 0 Å². The summed E-state index contributed by atoms with van der Waals surface area (Å²) >= 11 is 17.1. The summed E-state index contributed by atoms with van der Waals surface area (Å²) in [5, 5.41) is 4.72. The Kier molecular flexibility index (Phi) is 4.78. The second-order valence-corrected chi connectivity index (χ2v) is 6.21. The van der Waals surface area contributed by atoms with Gasteiger partial charge >= 0.3 is 0 Å². The Morgan fingerprint density at radius 1 is 1.22 bits per heavy atom. The number of anilines is 1. The molecule has 1 N–H and O–H groups in total. The maximum absolute atomic E-state index is 6.14. The van der Waals surface area contributed by atoms with Gasteiger partial charge in [-0.3, -0.25) is 0 Å². The van der Waals surface area contributed by atoms with Crippen LogP contribution in [-0.4, -0.2) is 12.0 Å². The predicted octanol–water partition coefficient (Wildman–Crippen LogP) is 5.34. The van der Waals surface area contributed by atoms with Crippen LogP contribution in [0.15, 0.2) is 44.7 Å². The van der Waals surface area contributed by atoms with Crippen molar-refractivity contribution in [3.05, 3.63) is 44.8 Å². The van der Waals surface area contributed by atoms with Crippen molar-refractivity contribution in [2.45, 2.75) is 9.92 Å². The molecule has 0 aliphatic rings. The topological polar surface area (TPSA) is 24.9 Å². The molecule has 0 amide bonds. The number of benzene rings is 1. The van der Waals surface area contributed by atoms with Gasteiger partial charge in [-0.2, -0.15) is 0 Å². The van der Waals surface area contributed by atoms with Gasteiger partial charge < -0.3 is 5.32 Å². The SMILES string of the molecule is CNc1nc(Sc2cccc(Br)c2)c(Cl)cc1Cl. The quantitative estimate of drug-likeness (QED) is 0.796. The molecule has 0 spiro atoms. The van der Waals surface area contributed by atoms with E-state index in [9.17, 15) is 0 Å². The smallest absolute Gasteiger partial charge is 0.146 e. The molecule has 0 saturated heterocycles. The van der Waals surface area contributed by atoms with E-state index >= 15 is 0 Å². The zero-order chi connectivity index (χ0) is 13.1. The van der Waals surface area contributed by atoms with Gasteiger partial charge in [0.1, 0.15) is 10.8 Å². The average Bonchev–Trinajstić information content (AvgIpc) is 2.33. The Balaban J connectivity index is 2.34. The first-order valence-electron chi connectivity index (χ1n) is 5.07. The summed E-state index contributed by atoms with van der Waals surface area (Å²) in [6.45, 7) is 0. The van der Waals surface area contributed by atoms with Crippen LogP contribution in [0.5, 0.6) is 0 Å². The summed E-state index contributed by atoms with van der Waals surface area (Å²) < 4.78 is 1.02. The first-order valence-corrected chi connectivity index (χ1v) is 7.44. The second-order valence-electron chi connectivity index (χ2n) is 3.42. The summed E-state index contributed by atoms with van der Waals surface area (Å²) in [5.74, 6) is 0.624. The van der Waals surface area contributed by atoms with Crippen molar-refractivity contribution in [3.63, 3.8) is 0 Å². The highest BCUT2D eigenvalue weighted by Gasteiger charge is 2.10. The third-order valence-electron chi connectivity index (χ3n) is 2.14. The third kappa shape index (κ3) is 3.32. The van der Waals surface area contributed by atoms with Crippen LogP contribution >= 0.6 is 50.9 Å². The summed E-state index contributed by atoms with van der Waals surface area (Å²) in [7, 11) is 1.77. The zero-order valence-electron chi connectivity index (χ0n) is 9.38. The molecular formula is C12H9BrCl2N2S. The molecule has 0 fully saturated rings. The van der Waals surface area contributed by atoms with Gasteiger partial charge in [-0.15, -0.1) is 0 Å². The number of nitrogens with zero attached hydrogens (tertiary/aromatic N) is 1. The molecule has 6 heteroatoms. The Hall–Kier alpha value is -0.420. The van der Waals surface area contributed by atoms with E-state index in [1.165, 1.54) is 11.8 Å². The molecular weight excluding hydrogens is 355 g/mol. The number of rotatable bonds is 3. The van der Waals surface area contributed by atoms with Gasteiger partial charge in [-0.1, -0.05) is 57.0 Å². The normalized spacial score (nSPS) is 10.4. The first kappa shape index (κ1) is 14.0. The lowest BCUT2D eigenvalue weighted by molar-refractivity contribution is 1.12. The van der Waals surface area contributed by atoms with Crippen LogP contribution in [-0.2, 0) is 0 Å². The number of hydrogen-bond acceptors (Lipinski definition) is 3. The molecule has 94 valence electrons. The fraction of sp³-hybridized carbons (Fsp3) is 0.0833. The summed E-state index contributed by atoms with van der Waals surface area (Å²) in [6, 6.07) is 9.65. The second kappa shape index (κ2) is 6.15. The molecule has 18 heavy (non-hydrogen) atoms. The van der Waals surface area contributed by atoms with E-state index in [0.29, 0.717) is 15.9 Å². The first-order chi connectivity index (χ1) is 8.60. The molecule has 0 aliphatic carbocycles. The maximum atomic E-state index is 6.14. The lowest BCUT2D eigenvalue weighted by Crippen LogP contribution is -1.95. The van der Waals surface area contributed by atoms with Crippen molar-refractivity contribution in [2.75, 3.05) is 12.4 Å². The van der Waals surface area contributed by atoms with Crippen LogP contribution < -0.4 is 5.32 Å². The minimum Gasteiger partial charge on any atom is -0.372 e. The molecule has 2 rings (SSSR count). The van der Waals surface area contributed by atoms with Crippen molar-refractivity contribution in [1.82, 2.24) is 4.98 Å². The van der Waals surface area contributed by atoms with Crippen molar-refractivity contribution in [3.8, 4) is 0 Å². The van der Waals surface area contributed by atoms with Gasteiger partial charge in [0.2, 0.25) is 0 Å². The minimum absolute atomic E-state index is 0.515. The number of aromatic nitrogens is 1. The summed E-state index contributed by atoms with van der Waals surface area (Å²) in [6.07, 6.45) is 0. The molecule has 0 radical (unpaired) electrons. The predicted molar refractivity (Wildman–Crippen MR) is 82.1 cm³/mol. The van der Waals surface area contributed by atoms with Gasteiger partial charge in [-0.25, -0.2) is 4.98 Å². The van der Waals surface area contributed by atoms with Crippen LogP contribution in [0.3, 0.4) is 0 Å². The van der Waals surface area contributed by atoms with Gasteiger partial charge in [0.05, 0.1) is 10.0 Å². The average molecular weight is 364 g/mol. The molecule has 2 nitrogen and oxygen atoms in total. The van der Waals surface area contributed by atoms with Crippen LogP contribution in [0, 0.1) is 0 Å². The van der Waals surface area contributed by atoms with Crippen molar-refractivity contribution >= 4 is 56.7 Å². The molecule has 0 bridgehead atoms. The Morgan fingerprint density at radius 2 is 2.00 bits per heavy atom. The standard InChI is InChI=1S/C12H9BrCl2N2S/c1-16-11-9(14)6-10(15)12(17-11)18-8-4-2-3-7(13)5-8/h2-6H,1H3,(H,16,17). The Morgan fingerprint density at radius 3 is 2.67 bits per heavy atom. The van der Waals surface area contributed by atoms with E-state index in [2.05, 4.69) is 26.2 Å². The van der Waals surface area contributed by atoms with Gasteiger partial charge in [0.25, 0.3) is 0 Å². The fourth-order valence-electron chi connectivity index (χ4n) is 1.34. The van der Waals surface area contributed by atoms with Crippen LogP contribution in [0.25, 0.3) is 0 Å². The van der Waals surface area contributed by atoms with Crippen molar-refractivity contribution < 1.29 is 0 Å². The van der Waals surface area contributed by atoms with E-state index in [-0.39, 0.29) is 0 Å². The van der Waals surface area contributed by atoms with Crippen molar-refractivity contribution in [1.29, 1.82) is 0 Å². The monoisotopic (exact) mass is 362 g/mol. The number of nitrogens with one attached hydrogen (secondary N) is 1. The van der Waals surface area contributed by atoms with E-state index in [0.717, 1.165) is 14.4 Å². The summed E-state index contributed by atoms with van der Waals surface area (Å²) in [5.41, 5.74) is 0. The minimum atomic E-state index is 0.515. The maximum Gasteiger partial charge on any atom is 0.146 e. The molecule has 1 heterocycles. The third-order valence-corrected chi connectivity index (χ3v) is 4.32. The molecule has 0 aliphatic heterocycles. The lowest BCUT2D eigenvalue weighted by Gasteiger charge is -2.08. The van der Waals surface area contributed by atoms with Gasteiger partial charge in [-0.05, 0) is 24.3 Å². The zero-order valence-corrected chi connectivity index (χ0v) is 13.3. The Bertz CT molecular complexity index is 578. The highest BCUT2D eigenvalue weighted by atomic mass is 79.9. The highest BCUT2D eigenvalue weighted by Crippen LogP contribution is 2.36. The molecule has 0 unspecified atom stereocenters. The molecule has 0 atom stereocenters. The number of halogens is 3. The molecule has 1 aromatic carbocycles. The molecule has 1 aromatic heterocycles. The van der Waals surface area contributed by atoms with E-state index in [4.69, 9.17) is 23.2 Å². The van der Waals surface area contributed by atoms with Crippen LogP contribution in [0.2, 0.25) is 10.0 Å². The molecule has 2 aromatic rings. The van der Waals surface area contributed by atoms with E-state index in [1.54, 1.807) is 13.1 Å². The number of hydrogen-bond donors (Lipinski definition) is 1. The largest absolute Gasteiger partial charge is 0.372 e. The highest BCUT2D eigenvalue weighted by molar-refractivity contribution is 9.10. The van der Waals surface area contributed by atoms with Crippen LogP contribution in [0.4, 0.5) is 5.82 Å². The molecule has 0 saturated carbocycles. The fourth-order valence-corrected chi connectivity index (χ4v) is 3.31. The summed E-state index contributed by atoms with van der Waals surface area (Å²) in [4.78, 5) is 5.45. The lowest BCUT2D eigenvalue weighted by atomic mass is 10.4. The van der Waals surface area contributed by atoms with E-state index in [1.807, 2.05) is 24.3 Å².